The lowest BCUT2D eigenvalue weighted by Crippen LogP contribution is -2.41. The molecule has 0 unspecified atom stereocenters. The molecule has 36 heavy (non-hydrogen) atoms. The minimum absolute atomic E-state index is 0.0553. The topological polar surface area (TPSA) is 99.3 Å². The summed E-state index contributed by atoms with van der Waals surface area (Å²) in [4.78, 5) is 40.1. The van der Waals surface area contributed by atoms with Gasteiger partial charge in [-0.3, -0.25) is 4.90 Å². The van der Waals surface area contributed by atoms with Crippen LogP contribution in [0.25, 0.3) is 5.69 Å². The van der Waals surface area contributed by atoms with Gasteiger partial charge >= 0.3 is 17.7 Å². The van der Waals surface area contributed by atoms with Crippen LogP contribution < -0.4 is 10.6 Å². The van der Waals surface area contributed by atoms with Crippen LogP contribution in [0.1, 0.15) is 22.8 Å². The maximum absolute atomic E-state index is 13.2. The Labute approximate surface area is 220 Å². The summed E-state index contributed by atoms with van der Waals surface area (Å²) < 4.78 is 6.78. The van der Waals surface area contributed by atoms with Gasteiger partial charge < -0.3 is 4.74 Å². The van der Waals surface area contributed by atoms with Gasteiger partial charge in [0.1, 0.15) is 12.3 Å². The highest BCUT2D eigenvalue weighted by molar-refractivity contribution is 6.37. The Morgan fingerprint density at radius 1 is 0.917 bits per heavy atom. The predicted octanol–water partition coefficient (Wildman–Crippen LogP) is 5.24. The molecule has 12 heteroatoms. The Hall–Kier alpha value is -3.66. The first-order valence-electron chi connectivity index (χ1n) is 10.6. The van der Waals surface area contributed by atoms with Gasteiger partial charge in [-0.05, 0) is 53.2 Å². The van der Waals surface area contributed by atoms with Crippen LogP contribution in [0.5, 0.6) is 0 Å². The zero-order valence-electron chi connectivity index (χ0n) is 18.8. The molecule has 0 bridgehead atoms. The first-order valence-corrected chi connectivity index (χ1v) is 11.8. The van der Waals surface area contributed by atoms with Crippen molar-refractivity contribution in [1.29, 1.82) is 0 Å². The van der Waals surface area contributed by atoms with E-state index in [0.717, 1.165) is 10.2 Å². The summed E-state index contributed by atoms with van der Waals surface area (Å²) >= 11 is 18.6. The van der Waals surface area contributed by atoms with E-state index in [4.69, 9.17) is 39.5 Å². The molecule has 0 saturated heterocycles. The first-order chi connectivity index (χ1) is 17.3. The Morgan fingerprint density at radius 3 is 2.28 bits per heavy atom. The normalized spacial score (nSPS) is 10.8. The van der Waals surface area contributed by atoms with E-state index in [-0.39, 0.29) is 39.5 Å². The van der Waals surface area contributed by atoms with Crippen LogP contribution in [-0.2, 0) is 11.3 Å². The first kappa shape index (κ1) is 25.4. The Morgan fingerprint density at radius 2 is 1.61 bits per heavy atom. The van der Waals surface area contributed by atoms with Gasteiger partial charge in [-0.15, -0.1) is 4.68 Å². The van der Waals surface area contributed by atoms with Crippen molar-refractivity contribution in [3.63, 3.8) is 0 Å². The number of benzene rings is 3. The molecule has 1 aromatic heterocycles. The third kappa shape index (κ3) is 5.13. The molecule has 9 nitrogen and oxygen atoms in total. The number of ether oxygens (including phenoxy) is 1. The second-order valence-electron chi connectivity index (χ2n) is 7.41. The quantitative estimate of drug-likeness (QED) is 0.242. The van der Waals surface area contributed by atoms with E-state index in [1.165, 1.54) is 35.2 Å². The molecular formula is C24H18Cl3N5O4. The van der Waals surface area contributed by atoms with Crippen LogP contribution >= 0.6 is 34.8 Å². The molecule has 0 atom stereocenters. The van der Waals surface area contributed by atoms with Crippen molar-refractivity contribution in [1.82, 2.24) is 19.8 Å². The van der Waals surface area contributed by atoms with Crippen molar-refractivity contribution < 1.29 is 14.3 Å². The molecule has 0 aliphatic rings. The molecule has 0 N–H and O–H groups in total. The molecule has 1 heterocycles. The number of carbonyl (C=O) groups is 2. The van der Waals surface area contributed by atoms with E-state index in [9.17, 15) is 14.4 Å². The number of halogens is 3. The minimum atomic E-state index is -0.870. The fourth-order valence-corrected chi connectivity index (χ4v) is 4.13. The maximum atomic E-state index is 13.2. The number of carbonyl (C=O) groups excluding carboxylic acids is 2. The van der Waals surface area contributed by atoms with E-state index in [0.29, 0.717) is 10.4 Å². The largest absolute Gasteiger partial charge is 0.457 e. The summed E-state index contributed by atoms with van der Waals surface area (Å²) in [7, 11) is 0. The SMILES string of the molecule is CCN(C(=O)n1nnn(-c2c(Cl)cccc2Cl)c1=O)c1ccc(Cl)c(C(=O)OCc2ccccc2)c1. The van der Waals surface area contributed by atoms with Crippen LogP contribution in [-0.4, -0.2) is 38.3 Å². The molecule has 1 amide bonds. The monoisotopic (exact) mass is 545 g/mol. The van der Waals surface area contributed by atoms with Gasteiger partial charge in [0.05, 0.1) is 20.6 Å². The molecule has 0 aliphatic carbocycles. The molecule has 4 aromatic rings. The zero-order chi connectivity index (χ0) is 25.8. The number of hydrogen-bond acceptors (Lipinski definition) is 6. The molecule has 0 spiro atoms. The summed E-state index contributed by atoms with van der Waals surface area (Å²) in [6, 6.07) is 17.4. The third-order valence-electron chi connectivity index (χ3n) is 5.15. The number of nitrogens with zero attached hydrogens (tertiary/aromatic N) is 5. The summed E-state index contributed by atoms with van der Waals surface area (Å²) in [6.07, 6.45) is 0. The second-order valence-corrected chi connectivity index (χ2v) is 8.63. The average molecular weight is 547 g/mol. The lowest BCUT2D eigenvalue weighted by atomic mass is 10.2. The van der Waals surface area contributed by atoms with E-state index in [1.54, 1.807) is 13.0 Å². The number of hydrogen-bond donors (Lipinski definition) is 0. The Kier molecular flexibility index (Phi) is 7.73. The summed E-state index contributed by atoms with van der Waals surface area (Å²) in [5.74, 6) is -0.661. The zero-order valence-corrected chi connectivity index (χ0v) is 21.0. The van der Waals surface area contributed by atoms with E-state index in [2.05, 4.69) is 10.4 Å². The fourth-order valence-electron chi connectivity index (χ4n) is 3.38. The number of anilines is 1. The molecule has 0 aliphatic heterocycles. The lowest BCUT2D eigenvalue weighted by Gasteiger charge is -2.20. The average Bonchev–Trinajstić information content (AvgIpc) is 3.25. The van der Waals surface area contributed by atoms with Gasteiger partial charge in [-0.2, -0.15) is 4.68 Å². The number of rotatable bonds is 6. The fraction of sp³-hybridized carbons (Fsp3) is 0.125. The second kappa shape index (κ2) is 10.9. The predicted molar refractivity (Wildman–Crippen MR) is 136 cm³/mol. The number of tetrazole rings is 1. The highest BCUT2D eigenvalue weighted by atomic mass is 35.5. The van der Waals surface area contributed by atoms with E-state index in [1.807, 2.05) is 30.3 Å². The van der Waals surface area contributed by atoms with Gasteiger partial charge in [0.25, 0.3) is 0 Å². The van der Waals surface area contributed by atoms with E-state index >= 15 is 0 Å². The van der Waals surface area contributed by atoms with Crippen molar-refractivity contribution in [2.75, 3.05) is 11.4 Å². The standard InChI is InChI=1S/C24H18Cl3N5O4/c1-2-30(23(34)32-24(35)31(28-29-32)21-19(26)9-6-10-20(21)27)16-11-12-18(25)17(13-16)22(33)36-14-15-7-4-3-5-8-15/h3-13H,2,14H2,1H3. The van der Waals surface area contributed by atoms with Crippen LogP contribution in [0.4, 0.5) is 10.5 Å². The number of amides is 1. The van der Waals surface area contributed by atoms with Crippen molar-refractivity contribution in [2.45, 2.75) is 13.5 Å². The van der Waals surface area contributed by atoms with Crippen LogP contribution in [0.2, 0.25) is 15.1 Å². The third-order valence-corrected chi connectivity index (χ3v) is 6.09. The van der Waals surface area contributed by atoms with Gasteiger partial charge in [0.15, 0.2) is 0 Å². The number of esters is 1. The summed E-state index contributed by atoms with van der Waals surface area (Å²) in [5.41, 5.74) is 0.406. The number of para-hydroxylation sites is 1. The molecule has 3 aromatic carbocycles. The molecule has 0 radical (unpaired) electrons. The maximum Gasteiger partial charge on any atom is 0.377 e. The van der Waals surface area contributed by atoms with Crippen LogP contribution in [0, 0.1) is 0 Å². The van der Waals surface area contributed by atoms with Gasteiger partial charge in [-0.1, -0.05) is 71.2 Å². The van der Waals surface area contributed by atoms with Crippen molar-refractivity contribution in [3.8, 4) is 5.69 Å². The molecule has 184 valence electrons. The molecule has 0 fully saturated rings. The Balaban J connectivity index is 1.61. The van der Waals surface area contributed by atoms with Gasteiger partial charge in [0, 0.05) is 12.2 Å². The summed E-state index contributed by atoms with van der Waals surface area (Å²) in [6.45, 7) is 1.89. The van der Waals surface area contributed by atoms with Crippen molar-refractivity contribution in [3.05, 3.63) is 103 Å². The molecule has 0 saturated carbocycles. The van der Waals surface area contributed by atoms with Crippen LogP contribution in [0.3, 0.4) is 0 Å². The van der Waals surface area contributed by atoms with Crippen molar-refractivity contribution in [2.24, 2.45) is 0 Å². The molecular weight excluding hydrogens is 529 g/mol. The lowest BCUT2D eigenvalue weighted by molar-refractivity contribution is 0.0473. The van der Waals surface area contributed by atoms with Gasteiger partial charge in [-0.25, -0.2) is 14.4 Å². The molecule has 4 rings (SSSR count). The smallest absolute Gasteiger partial charge is 0.377 e. The Bertz CT molecular complexity index is 1470. The highest BCUT2D eigenvalue weighted by Gasteiger charge is 2.25. The number of aromatic nitrogens is 4. The summed E-state index contributed by atoms with van der Waals surface area (Å²) in [5, 5.41) is 7.93. The van der Waals surface area contributed by atoms with Crippen molar-refractivity contribution >= 4 is 52.5 Å². The van der Waals surface area contributed by atoms with E-state index < -0.39 is 17.7 Å². The minimum Gasteiger partial charge on any atom is -0.457 e. The van der Waals surface area contributed by atoms with Crippen LogP contribution in [0.15, 0.2) is 71.5 Å². The highest BCUT2D eigenvalue weighted by Crippen LogP contribution is 2.27. The van der Waals surface area contributed by atoms with Gasteiger partial charge in [0.2, 0.25) is 0 Å².